The van der Waals surface area contributed by atoms with E-state index in [0.717, 1.165) is 24.3 Å². The van der Waals surface area contributed by atoms with Crippen molar-refractivity contribution in [1.82, 2.24) is 15.8 Å². The molecule has 190 valence electrons. The molecule has 3 atom stereocenters. The molecule has 1 unspecified atom stereocenters. The second-order valence-corrected chi connectivity index (χ2v) is 8.98. The molecule has 1 amide bonds. The lowest BCUT2D eigenvalue weighted by atomic mass is 10.0. The Bertz CT molecular complexity index is 1100. The first-order chi connectivity index (χ1) is 16.3. The number of nitrogens with one attached hydrogen (secondary N) is 2. The maximum Gasteiger partial charge on any atom is 0.417 e. The topological polar surface area (TPSA) is 73.6 Å². The standard InChI is InChI=1S/C23H26F5N5OS/c1-12-10-32(20-9-18(24)16(8-19(20)25)14(3)30-31-22(29)35)11-13(2)33(12)21(34)15-6-4-5-7-17(15)23(26,27)28/h4-9,12-14,30H,10-11H2,1-3H3,(H3,29,31,35)/t12-,13+,14?. The number of halogens is 5. The van der Waals surface area contributed by atoms with E-state index >= 15 is 4.39 Å². The normalized spacial score (nSPS) is 19.4. The van der Waals surface area contributed by atoms with E-state index in [-0.39, 0.29) is 29.5 Å². The van der Waals surface area contributed by atoms with Crippen LogP contribution in [0.1, 0.15) is 48.3 Å². The number of anilines is 1. The van der Waals surface area contributed by atoms with Crippen molar-refractivity contribution in [3.63, 3.8) is 0 Å². The Kier molecular flexibility index (Phi) is 7.85. The average molecular weight is 516 g/mol. The molecule has 12 heteroatoms. The van der Waals surface area contributed by atoms with E-state index in [0.29, 0.717) is 0 Å². The van der Waals surface area contributed by atoms with Crippen LogP contribution in [0, 0.1) is 11.6 Å². The Morgan fingerprint density at radius 2 is 1.71 bits per heavy atom. The highest BCUT2D eigenvalue weighted by Gasteiger charge is 2.40. The van der Waals surface area contributed by atoms with Gasteiger partial charge in [-0.1, -0.05) is 12.1 Å². The molecule has 35 heavy (non-hydrogen) atoms. The monoisotopic (exact) mass is 515 g/mol. The third kappa shape index (κ3) is 5.81. The van der Waals surface area contributed by atoms with Crippen LogP contribution >= 0.6 is 12.2 Å². The van der Waals surface area contributed by atoms with E-state index in [9.17, 15) is 22.4 Å². The van der Waals surface area contributed by atoms with Crippen LogP contribution in [-0.2, 0) is 6.18 Å². The van der Waals surface area contributed by atoms with Crippen molar-refractivity contribution in [3.8, 4) is 0 Å². The number of rotatable bonds is 5. The molecular weight excluding hydrogens is 489 g/mol. The van der Waals surface area contributed by atoms with Crippen LogP contribution in [0.3, 0.4) is 0 Å². The number of hydrogen-bond donors (Lipinski definition) is 3. The minimum atomic E-state index is -4.68. The van der Waals surface area contributed by atoms with Gasteiger partial charge in [-0.15, -0.1) is 0 Å². The zero-order valence-electron chi connectivity index (χ0n) is 19.3. The summed E-state index contributed by atoms with van der Waals surface area (Å²) in [6, 6.07) is 4.96. The first-order valence-electron chi connectivity index (χ1n) is 10.8. The summed E-state index contributed by atoms with van der Waals surface area (Å²) in [4.78, 5) is 16.1. The molecule has 4 N–H and O–H groups in total. The minimum absolute atomic E-state index is 0.00208. The number of hydrogen-bond acceptors (Lipinski definition) is 4. The molecule has 2 aromatic rings. The molecule has 1 heterocycles. The highest BCUT2D eigenvalue weighted by atomic mass is 32.1. The molecule has 0 saturated carbocycles. The van der Waals surface area contributed by atoms with E-state index in [1.165, 1.54) is 17.0 Å². The lowest BCUT2D eigenvalue weighted by Gasteiger charge is -2.45. The summed E-state index contributed by atoms with van der Waals surface area (Å²) < 4.78 is 70.2. The van der Waals surface area contributed by atoms with Gasteiger partial charge in [-0.05, 0) is 51.2 Å². The van der Waals surface area contributed by atoms with Crippen LogP contribution in [0.2, 0.25) is 0 Å². The number of amides is 1. The smallest absolute Gasteiger partial charge is 0.375 e. The SMILES string of the molecule is CC(NNC(N)=S)c1cc(F)c(N2C[C@@H](C)N(C(=O)c3ccccc3C(F)(F)F)[C@@H](C)C2)cc1F. The van der Waals surface area contributed by atoms with Crippen molar-refractivity contribution in [1.29, 1.82) is 0 Å². The lowest BCUT2D eigenvalue weighted by molar-refractivity contribution is -0.138. The van der Waals surface area contributed by atoms with Gasteiger partial charge in [0, 0.05) is 36.8 Å². The van der Waals surface area contributed by atoms with Crippen LogP contribution in [0.5, 0.6) is 0 Å². The highest BCUT2D eigenvalue weighted by Crippen LogP contribution is 2.34. The molecule has 0 radical (unpaired) electrons. The van der Waals surface area contributed by atoms with Gasteiger partial charge in [0.1, 0.15) is 11.6 Å². The van der Waals surface area contributed by atoms with Crippen LogP contribution in [0.15, 0.2) is 36.4 Å². The number of nitrogens with two attached hydrogens (primary N) is 1. The molecule has 1 aliphatic rings. The van der Waals surface area contributed by atoms with Crippen LogP contribution in [-0.4, -0.2) is 41.1 Å². The van der Waals surface area contributed by atoms with E-state index in [2.05, 4.69) is 23.1 Å². The molecule has 6 nitrogen and oxygen atoms in total. The number of alkyl halides is 3. The number of hydrazine groups is 1. The fourth-order valence-electron chi connectivity index (χ4n) is 4.36. The van der Waals surface area contributed by atoms with Crippen molar-refractivity contribution in [2.24, 2.45) is 5.73 Å². The fourth-order valence-corrected chi connectivity index (χ4v) is 4.42. The van der Waals surface area contributed by atoms with Gasteiger partial charge in [0.15, 0.2) is 5.11 Å². The van der Waals surface area contributed by atoms with E-state index in [1.54, 1.807) is 25.7 Å². The third-order valence-electron chi connectivity index (χ3n) is 5.90. The summed E-state index contributed by atoms with van der Waals surface area (Å²) in [5.41, 5.74) is 9.07. The van der Waals surface area contributed by atoms with Crippen molar-refractivity contribution in [2.45, 2.75) is 45.1 Å². The number of piperazine rings is 1. The predicted molar refractivity (Wildman–Crippen MR) is 127 cm³/mol. The van der Waals surface area contributed by atoms with Gasteiger partial charge in [0.2, 0.25) is 0 Å². The van der Waals surface area contributed by atoms with Gasteiger partial charge in [-0.3, -0.25) is 10.2 Å². The zero-order chi connectivity index (χ0) is 26.1. The van der Waals surface area contributed by atoms with Crippen molar-refractivity contribution < 1.29 is 26.7 Å². The van der Waals surface area contributed by atoms with Crippen molar-refractivity contribution in [2.75, 3.05) is 18.0 Å². The van der Waals surface area contributed by atoms with Gasteiger partial charge in [0.05, 0.1) is 22.9 Å². The van der Waals surface area contributed by atoms with Crippen LogP contribution < -0.4 is 21.5 Å². The summed E-state index contributed by atoms with van der Waals surface area (Å²) in [5, 5.41) is -0.0531. The molecule has 0 bridgehead atoms. The predicted octanol–water partition coefficient (Wildman–Crippen LogP) is 4.12. The Balaban J connectivity index is 1.82. The van der Waals surface area contributed by atoms with Gasteiger partial charge < -0.3 is 15.5 Å². The Morgan fingerprint density at radius 1 is 1.11 bits per heavy atom. The van der Waals surface area contributed by atoms with Crippen LogP contribution in [0.25, 0.3) is 0 Å². The summed E-state index contributed by atoms with van der Waals surface area (Å²) in [6.07, 6.45) is -4.68. The van der Waals surface area contributed by atoms with Gasteiger partial charge in [-0.2, -0.15) is 13.2 Å². The minimum Gasteiger partial charge on any atom is -0.375 e. The lowest BCUT2D eigenvalue weighted by Crippen LogP contribution is -2.59. The first-order valence-corrected chi connectivity index (χ1v) is 11.3. The molecule has 0 aliphatic carbocycles. The number of carbonyl (C=O) groups excluding carboxylic acids is 1. The van der Waals surface area contributed by atoms with E-state index < -0.39 is 53.0 Å². The molecular formula is C23H26F5N5OS. The van der Waals surface area contributed by atoms with Gasteiger partial charge in [-0.25, -0.2) is 14.2 Å². The molecule has 1 fully saturated rings. The molecule has 0 aromatic heterocycles. The number of carbonyl (C=O) groups is 1. The summed E-state index contributed by atoms with van der Waals surface area (Å²) >= 11 is 4.68. The Labute approximate surface area is 205 Å². The summed E-state index contributed by atoms with van der Waals surface area (Å²) in [7, 11) is 0. The second-order valence-electron chi connectivity index (χ2n) is 8.54. The zero-order valence-corrected chi connectivity index (χ0v) is 20.1. The average Bonchev–Trinajstić information content (AvgIpc) is 2.77. The quantitative estimate of drug-likeness (QED) is 0.316. The fraction of sp³-hybridized carbons (Fsp3) is 0.391. The van der Waals surface area contributed by atoms with Gasteiger partial charge in [0.25, 0.3) is 5.91 Å². The summed E-state index contributed by atoms with van der Waals surface area (Å²) in [5.74, 6) is -2.10. The molecule has 1 aliphatic heterocycles. The van der Waals surface area contributed by atoms with Crippen LogP contribution in [0.4, 0.5) is 27.6 Å². The largest absolute Gasteiger partial charge is 0.417 e. The molecule has 1 saturated heterocycles. The Hall–Kier alpha value is -2.99. The number of nitrogens with zero attached hydrogens (tertiary/aromatic N) is 2. The number of thiocarbonyl (C=S) groups is 1. The maximum absolute atomic E-state index is 15.0. The first kappa shape index (κ1) is 26.6. The van der Waals surface area contributed by atoms with E-state index in [1.807, 2.05) is 0 Å². The summed E-state index contributed by atoms with van der Waals surface area (Å²) in [6.45, 7) is 5.13. The highest BCUT2D eigenvalue weighted by molar-refractivity contribution is 7.80. The molecule has 3 rings (SSSR count). The third-order valence-corrected chi connectivity index (χ3v) is 6.00. The maximum atomic E-state index is 15.0. The van der Waals surface area contributed by atoms with Crippen molar-refractivity contribution >= 4 is 28.9 Å². The van der Waals surface area contributed by atoms with E-state index in [4.69, 9.17) is 5.73 Å². The number of benzene rings is 2. The second kappa shape index (κ2) is 10.3. The molecule has 0 spiro atoms. The molecule has 2 aromatic carbocycles. The Morgan fingerprint density at radius 3 is 2.29 bits per heavy atom. The van der Waals surface area contributed by atoms with Crippen molar-refractivity contribution in [3.05, 3.63) is 64.7 Å². The van der Waals surface area contributed by atoms with Gasteiger partial charge >= 0.3 is 6.18 Å².